The zero-order valence-corrected chi connectivity index (χ0v) is 16.1. The van der Waals surface area contributed by atoms with Crippen LogP contribution in [0.4, 0.5) is 14.6 Å². The molecule has 1 saturated heterocycles. The van der Waals surface area contributed by atoms with Crippen LogP contribution in [-0.4, -0.2) is 35.8 Å². The van der Waals surface area contributed by atoms with Crippen LogP contribution in [0.1, 0.15) is 31.4 Å². The van der Waals surface area contributed by atoms with Gasteiger partial charge in [-0.2, -0.15) is 8.78 Å². The quantitative estimate of drug-likeness (QED) is 0.784. The van der Waals surface area contributed by atoms with Gasteiger partial charge < -0.3 is 15.0 Å². The fourth-order valence-corrected chi connectivity index (χ4v) is 3.43. The number of alkyl halides is 2. The number of carbonyl (C=O) groups excluding carboxylic acids is 1. The number of amides is 1. The van der Waals surface area contributed by atoms with Crippen LogP contribution in [0.3, 0.4) is 0 Å². The van der Waals surface area contributed by atoms with Crippen molar-refractivity contribution in [3.8, 4) is 5.75 Å². The van der Waals surface area contributed by atoms with E-state index in [1.165, 1.54) is 6.07 Å². The standard InChI is InChI=1S/C19H21ClF2N4O2/c1-12(14-6-2-3-7-15(14)28-19(21)22)23-18(27)13-5-4-10-26(11-13)17-9-8-16(20)24-25-17/h2-3,6-9,12-13,19H,4-5,10-11H2,1H3,(H,23,27). The number of aromatic nitrogens is 2. The number of hydrogen-bond donors (Lipinski definition) is 1. The monoisotopic (exact) mass is 410 g/mol. The number of rotatable bonds is 6. The van der Waals surface area contributed by atoms with Crippen molar-refractivity contribution in [3.05, 3.63) is 47.1 Å². The van der Waals surface area contributed by atoms with Crippen LogP contribution < -0.4 is 15.0 Å². The zero-order valence-electron chi connectivity index (χ0n) is 15.3. The molecule has 0 spiro atoms. The van der Waals surface area contributed by atoms with Crippen LogP contribution in [0.25, 0.3) is 0 Å². The minimum absolute atomic E-state index is 0.0620. The lowest BCUT2D eigenvalue weighted by Crippen LogP contribution is -2.44. The number of nitrogens with one attached hydrogen (secondary N) is 1. The third kappa shape index (κ3) is 5.07. The number of carbonyl (C=O) groups is 1. The SMILES string of the molecule is CC(NC(=O)C1CCCN(c2ccc(Cl)nn2)C1)c1ccccc1OC(F)F. The first-order chi connectivity index (χ1) is 13.4. The topological polar surface area (TPSA) is 67.4 Å². The van der Waals surface area contributed by atoms with Gasteiger partial charge in [0, 0.05) is 18.7 Å². The van der Waals surface area contributed by atoms with Crippen LogP contribution in [-0.2, 0) is 4.79 Å². The Hall–Kier alpha value is -2.48. The van der Waals surface area contributed by atoms with Crippen LogP contribution in [0.15, 0.2) is 36.4 Å². The molecule has 28 heavy (non-hydrogen) atoms. The van der Waals surface area contributed by atoms with Gasteiger partial charge in [0.1, 0.15) is 5.75 Å². The Morgan fingerprint density at radius 1 is 1.29 bits per heavy atom. The van der Waals surface area contributed by atoms with Crippen molar-refractivity contribution >= 4 is 23.3 Å². The molecule has 1 aliphatic rings. The van der Waals surface area contributed by atoms with E-state index in [-0.39, 0.29) is 17.6 Å². The number of para-hydroxylation sites is 1. The molecule has 2 aromatic rings. The lowest BCUT2D eigenvalue weighted by Gasteiger charge is -2.33. The molecule has 0 saturated carbocycles. The summed E-state index contributed by atoms with van der Waals surface area (Å²) < 4.78 is 29.8. The number of anilines is 1. The predicted molar refractivity (Wildman–Crippen MR) is 102 cm³/mol. The first kappa shape index (κ1) is 20.3. The first-order valence-corrected chi connectivity index (χ1v) is 9.40. The van der Waals surface area contributed by atoms with Gasteiger partial charge in [-0.15, -0.1) is 10.2 Å². The average Bonchev–Trinajstić information content (AvgIpc) is 2.68. The van der Waals surface area contributed by atoms with Gasteiger partial charge in [0.2, 0.25) is 5.91 Å². The summed E-state index contributed by atoms with van der Waals surface area (Å²) in [5.74, 6) is 0.362. The van der Waals surface area contributed by atoms with E-state index in [0.717, 1.165) is 19.4 Å². The third-order valence-electron chi connectivity index (χ3n) is 4.69. The van der Waals surface area contributed by atoms with E-state index < -0.39 is 12.7 Å². The molecular weight excluding hydrogens is 390 g/mol. The van der Waals surface area contributed by atoms with E-state index in [1.54, 1.807) is 37.3 Å². The molecule has 2 unspecified atom stereocenters. The van der Waals surface area contributed by atoms with Gasteiger partial charge >= 0.3 is 6.61 Å². The molecule has 1 N–H and O–H groups in total. The number of benzene rings is 1. The Bertz CT molecular complexity index is 807. The molecule has 2 heterocycles. The highest BCUT2D eigenvalue weighted by Gasteiger charge is 2.28. The van der Waals surface area contributed by atoms with E-state index in [0.29, 0.717) is 23.1 Å². The summed E-state index contributed by atoms with van der Waals surface area (Å²) in [6.45, 7) is 0.109. The molecule has 2 atom stereocenters. The van der Waals surface area contributed by atoms with Crippen LogP contribution in [0.2, 0.25) is 5.15 Å². The lowest BCUT2D eigenvalue weighted by atomic mass is 9.96. The molecule has 0 aliphatic carbocycles. The van der Waals surface area contributed by atoms with Gasteiger partial charge in [-0.25, -0.2) is 0 Å². The maximum absolute atomic E-state index is 12.8. The second-order valence-corrected chi connectivity index (χ2v) is 7.03. The fraction of sp³-hybridized carbons (Fsp3) is 0.421. The molecule has 0 bridgehead atoms. The smallest absolute Gasteiger partial charge is 0.387 e. The van der Waals surface area contributed by atoms with Crippen molar-refractivity contribution in [3.63, 3.8) is 0 Å². The second-order valence-electron chi connectivity index (χ2n) is 6.65. The average molecular weight is 411 g/mol. The van der Waals surface area contributed by atoms with Gasteiger partial charge in [0.05, 0.1) is 12.0 Å². The Balaban J connectivity index is 1.65. The second kappa shape index (κ2) is 9.14. The van der Waals surface area contributed by atoms with Crippen molar-refractivity contribution in [1.82, 2.24) is 15.5 Å². The molecule has 9 heteroatoms. The normalized spacial score (nSPS) is 18.0. The molecule has 1 aliphatic heterocycles. The minimum Gasteiger partial charge on any atom is -0.434 e. The van der Waals surface area contributed by atoms with Crippen molar-refractivity contribution in [2.24, 2.45) is 5.92 Å². The largest absolute Gasteiger partial charge is 0.434 e. The van der Waals surface area contributed by atoms with E-state index >= 15 is 0 Å². The Morgan fingerprint density at radius 3 is 2.79 bits per heavy atom. The van der Waals surface area contributed by atoms with Crippen LogP contribution in [0.5, 0.6) is 5.75 Å². The van der Waals surface area contributed by atoms with E-state index in [1.807, 2.05) is 4.90 Å². The molecule has 1 aromatic carbocycles. The Morgan fingerprint density at radius 2 is 2.07 bits per heavy atom. The number of nitrogens with zero attached hydrogens (tertiary/aromatic N) is 3. The lowest BCUT2D eigenvalue weighted by molar-refractivity contribution is -0.125. The van der Waals surface area contributed by atoms with Crippen molar-refractivity contribution in [2.45, 2.75) is 32.4 Å². The maximum Gasteiger partial charge on any atom is 0.387 e. The molecule has 150 valence electrons. The number of ether oxygens (including phenoxy) is 1. The molecule has 0 radical (unpaired) electrons. The predicted octanol–water partition coefficient (Wildman–Crippen LogP) is 3.83. The maximum atomic E-state index is 12.8. The summed E-state index contributed by atoms with van der Waals surface area (Å²) in [6, 6.07) is 9.43. The summed E-state index contributed by atoms with van der Waals surface area (Å²) >= 11 is 5.78. The molecule has 3 rings (SSSR count). The number of piperidine rings is 1. The summed E-state index contributed by atoms with van der Waals surface area (Å²) in [7, 11) is 0. The molecule has 1 amide bonds. The first-order valence-electron chi connectivity index (χ1n) is 9.02. The van der Waals surface area contributed by atoms with E-state index in [2.05, 4.69) is 20.3 Å². The van der Waals surface area contributed by atoms with Crippen LogP contribution in [0, 0.1) is 5.92 Å². The third-order valence-corrected chi connectivity index (χ3v) is 4.90. The summed E-state index contributed by atoms with van der Waals surface area (Å²) in [4.78, 5) is 14.8. The van der Waals surface area contributed by atoms with Crippen molar-refractivity contribution in [1.29, 1.82) is 0 Å². The van der Waals surface area contributed by atoms with Gasteiger partial charge in [-0.3, -0.25) is 4.79 Å². The summed E-state index contributed by atoms with van der Waals surface area (Å²) in [5, 5.41) is 11.1. The highest BCUT2D eigenvalue weighted by molar-refractivity contribution is 6.29. The Kier molecular flexibility index (Phi) is 6.61. The van der Waals surface area contributed by atoms with Gasteiger partial charge in [-0.1, -0.05) is 29.8 Å². The minimum atomic E-state index is -2.92. The van der Waals surface area contributed by atoms with Crippen LogP contribution >= 0.6 is 11.6 Å². The number of hydrogen-bond acceptors (Lipinski definition) is 5. The highest BCUT2D eigenvalue weighted by atomic mass is 35.5. The van der Waals surface area contributed by atoms with Gasteiger partial charge in [-0.05, 0) is 38.0 Å². The molecular formula is C19H21ClF2N4O2. The van der Waals surface area contributed by atoms with Gasteiger partial charge in [0.25, 0.3) is 0 Å². The molecule has 1 fully saturated rings. The summed E-state index contributed by atoms with van der Waals surface area (Å²) in [5.41, 5.74) is 0.507. The van der Waals surface area contributed by atoms with Gasteiger partial charge in [0.15, 0.2) is 11.0 Å². The Labute approximate surface area is 166 Å². The van der Waals surface area contributed by atoms with E-state index in [9.17, 15) is 13.6 Å². The van der Waals surface area contributed by atoms with Crippen molar-refractivity contribution in [2.75, 3.05) is 18.0 Å². The number of halogens is 3. The summed E-state index contributed by atoms with van der Waals surface area (Å²) in [6.07, 6.45) is 1.58. The molecule has 1 aromatic heterocycles. The van der Waals surface area contributed by atoms with E-state index in [4.69, 9.17) is 11.6 Å². The fourth-order valence-electron chi connectivity index (χ4n) is 3.33. The van der Waals surface area contributed by atoms with Crippen molar-refractivity contribution < 1.29 is 18.3 Å². The molecule has 6 nitrogen and oxygen atoms in total. The zero-order chi connectivity index (χ0) is 20.1. The highest BCUT2D eigenvalue weighted by Crippen LogP contribution is 2.28.